The third-order valence-corrected chi connectivity index (χ3v) is 7.75. The van der Waals surface area contributed by atoms with Crippen LogP contribution in [0.15, 0.2) is 41.6 Å². The second kappa shape index (κ2) is 7.92. The lowest BCUT2D eigenvalue weighted by atomic mass is 10.2. The summed E-state index contributed by atoms with van der Waals surface area (Å²) >= 11 is 1.68. The van der Waals surface area contributed by atoms with E-state index in [1.807, 2.05) is 26.0 Å². The summed E-state index contributed by atoms with van der Waals surface area (Å²) in [5.41, 5.74) is 0.985. The molecule has 2 aromatic heterocycles. The highest BCUT2D eigenvalue weighted by Crippen LogP contribution is 2.28. The Morgan fingerprint density at radius 1 is 1.19 bits per heavy atom. The number of sulfonamides is 1. The van der Waals surface area contributed by atoms with Gasteiger partial charge in [-0.3, -0.25) is 0 Å². The van der Waals surface area contributed by atoms with Gasteiger partial charge in [-0.2, -0.15) is 4.31 Å². The van der Waals surface area contributed by atoms with Gasteiger partial charge in [0.1, 0.15) is 17.0 Å². The minimum Gasteiger partial charge on any atom is -0.365 e. The maximum Gasteiger partial charge on any atom is 0.243 e. The summed E-state index contributed by atoms with van der Waals surface area (Å²) in [6, 6.07) is 9.01. The summed E-state index contributed by atoms with van der Waals surface area (Å²) in [5.74, 6) is 0.798. The molecule has 0 atom stereocenters. The Bertz CT molecular complexity index is 1030. The number of hydrogen-bond donors (Lipinski definition) is 1. The quantitative estimate of drug-likeness (QED) is 0.646. The normalized spacial score (nSPS) is 12.2. The fraction of sp³-hybridized carbons (Fsp3) is 0.368. The lowest BCUT2D eigenvalue weighted by Gasteiger charge is -2.21. The zero-order chi connectivity index (χ0) is 19.6. The summed E-state index contributed by atoms with van der Waals surface area (Å²) in [6.45, 7) is 6.39. The van der Waals surface area contributed by atoms with Gasteiger partial charge in [0.05, 0.1) is 10.3 Å². The maximum absolute atomic E-state index is 12.5. The third kappa shape index (κ3) is 4.12. The number of nitrogens with zero attached hydrogens (tertiary/aromatic N) is 3. The van der Waals surface area contributed by atoms with Crippen molar-refractivity contribution >= 4 is 37.4 Å². The van der Waals surface area contributed by atoms with E-state index in [1.54, 1.807) is 36.8 Å². The lowest BCUT2D eigenvalue weighted by molar-refractivity contribution is 0.410. The third-order valence-electron chi connectivity index (χ3n) is 4.52. The van der Waals surface area contributed by atoms with Crippen LogP contribution in [0, 0.1) is 0 Å². The highest BCUT2D eigenvalue weighted by atomic mass is 32.2. The monoisotopic (exact) mass is 404 g/mol. The Morgan fingerprint density at radius 3 is 2.52 bits per heavy atom. The summed E-state index contributed by atoms with van der Waals surface area (Å²) in [6.07, 6.45) is 2.54. The Morgan fingerprint density at radius 2 is 1.89 bits per heavy atom. The van der Waals surface area contributed by atoms with Crippen LogP contribution in [0.1, 0.15) is 31.2 Å². The van der Waals surface area contributed by atoms with Crippen molar-refractivity contribution in [3.8, 4) is 0 Å². The molecule has 0 saturated carbocycles. The molecule has 2 heterocycles. The first kappa shape index (κ1) is 19.7. The first-order valence-corrected chi connectivity index (χ1v) is 11.1. The molecule has 0 radical (unpaired) electrons. The van der Waals surface area contributed by atoms with E-state index in [0.717, 1.165) is 28.0 Å². The van der Waals surface area contributed by atoms with Crippen molar-refractivity contribution < 1.29 is 8.42 Å². The molecule has 27 heavy (non-hydrogen) atoms. The van der Waals surface area contributed by atoms with Crippen LogP contribution in [0.3, 0.4) is 0 Å². The molecule has 3 aromatic rings. The van der Waals surface area contributed by atoms with E-state index in [-0.39, 0.29) is 6.04 Å². The second-order valence-electron chi connectivity index (χ2n) is 6.62. The van der Waals surface area contributed by atoms with Crippen molar-refractivity contribution in [2.75, 3.05) is 12.4 Å². The molecule has 8 heteroatoms. The van der Waals surface area contributed by atoms with Gasteiger partial charge in [0.15, 0.2) is 0 Å². The number of hydrogen-bond acceptors (Lipinski definition) is 6. The standard InChI is InChI=1S/C19H24N4O2S2/c1-5-15-10-17-18(21-12-22-19(17)26-15)20-11-14-6-8-16(9-7-14)27(24,25)23(4)13(2)3/h6-10,12-13H,5,11H2,1-4H3,(H,20,21,22). The van der Waals surface area contributed by atoms with Gasteiger partial charge in [0, 0.05) is 24.5 Å². The first-order chi connectivity index (χ1) is 12.8. The van der Waals surface area contributed by atoms with Gasteiger partial charge in [-0.15, -0.1) is 11.3 Å². The second-order valence-corrected chi connectivity index (χ2v) is 9.73. The van der Waals surface area contributed by atoms with Crippen LogP contribution in [-0.4, -0.2) is 35.8 Å². The van der Waals surface area contributed by atoms with E-state index in [1.165, 1.54) is 9.18 Å². The van der Waals surface area contributed by atoms with Gasteiger partial charge in [-0.25, -0.2) is 18.4 Å². The van der Waals surface area contributed by atoms with Crippen LogP contribution in [0.2, 0.25) is 0 Å². The zero-order valence-electron chi connectivity index (χ0n) is 15.9. The Labute approximate surface area is 164 Å². The van der Waals surface area contributed by atoms with Crippen molar-refractivity contribution in [2.24, 2.45) is 0 Å². The highest BCUT2D eigenvalue weighted by Gasteiger charge is 2.22. The van der Waals surface area contributed by atoms with E-state index in [4.69, 9.17) is 0 Å². The molecule has 1 N–H and O–H groups in total. The molecule has 144 valence electrons. The first-order valence-electron chi connectivity index (χ1n) is 8.87. The van der Waals surface area contributed by atoms with Crippen molar-refractivity contribution in [1.29, 1.82) is 0 Å². The number of nitrogens with one attached hydrogen (secondary N) is 1. The van der Waals surface area contributed by atoms with Crippen molar-refractivity contribution in [3.05, 3.63) is 47.1 Å². The van der Waals surface area contributed by atoms with Gasteiger partial charge in [0.25, 0.3) is 0 Å². The van der Waals surface area contributed by atoms with Crippen LogP contribution in [-0.2, 0) is 23.0 Å². The predicted molar refractivity (Wildman–Crippen MR) is 111 cm³/mol. The lowest BCUT2D eigenvalue weighted by Crippen LogP contribution is -2.33. The van der Waals surface area contributed by atoms with E-state index in [9.17, 15) is 8.42 Å². The molecule has 0 fully saturated rings. The van der Waals surface area contributed by atoms with Crippen molar-refractivity contribution in [3.63, 3.8) is 0 Å². The number of fused-ring (bicyclic) bond motifs is 1. The van der Waals surface area contributed by atoms with Crippen LogP contribution in [0.4, 0.5) is 5.82 Å². The minimum absolute atomic E-state index is 0.0878. The van der Waals surface area contributed by atoms with Gasteiger partial charge >= 0.3 is 0 Å². The van der Waals surface area contributed by atoms with Gasteiger partial charge in [-0.1, -0.05) is 19.1 Å². The van der Waals surface area contributed by atoms with Crippen LogP contribution >= 0.6 is 11.3 Å². The smallest absolute Gasteiger partial charge is 0.243 e. The number of benzene rings is 1. The molecule has 0 amide bonds. The Hall–Kier alpha value is -2.03. The van der Waals surface area contributed by atoms with Gasteiger partial charge in [0.2, 0.25) is 10.0 Å². The molecule has 1 aromatic carbocycles. The maximum atomic E-state index is 12.5. The van der Waals surface area contributed by atoms with Crippen LogP contribution in [0.25, 0.3) is 10.2 Å². The van der Waals surface area contributed by atoms with E-state index in [2.05, 4.69) is 28.3 Å². The molecule has 0 saturated heterocycles. The molecule has 0 spiro atoms. The summed E-state index contributed by atoms with van der Waals surface area (Å²) < 4.78 is 26.4. The summed E-state index contributed by atoms with van der Waals surface area (Å²) in [5, 5.41) is 4.36. The topological polar surface area (TPSA) is 75.2 Å². The minimum atomic E-state index is -3.46. The molecular formula is C19H24N4O2S2. The number of aromatic nitrogens is 2. The predicted octanol–water partition coefficient (Wildman–Crippen LogP) is 3.89. The molecule has 0 unspecified atom stereocenters. The van der Waals surface area contributed by atoms with Crippen LogP contribution in [0.5, 0.6) is 0 Å². The fourth-order valence-electron chi connectivity index (χ4n) is 2.63. The Kier molecular flexibility index (Phi) is 5.78. The SMILES string of the molecule is CCc1cc2c(NCc3ccc(S(=O)(=O)N(C)C(C)C)cc3)ncnc2s1. The van der Waals surface area contributed by atoms with Crippen LogP contribution < -0.4 is 5.32 Å². The average Bonchev–Trinajstić information content (AvgIpc) is 3.10. The molecule has 0 bridgehead atoms. The van der Waals surface area contributed by atoms with Crippen molar-refractivity contribution in [1.82, 2.24) is 14.3 Å². The van der Waals surface area contributed by atoms with E-state index in [0.29, 0.717) is 11.4 Å². The van der Waals surface area contributed by atoms with Crippen molar-refractivity contribution in [2.45, 2.75) is 44.7 Å². The Balaban J connectivity index is 1.75. The number of anilines is 1. The highest BCUT2D eigenvalue weighted by molar-refractivity contribution is 7.89. The molecule has 0 aliphatic carbocycles. The summed E-state index contributed by atoms with van der Waals surface area (Å²) in [4.78, 5) is 11.2. The number of aryl methyl sites for hydroxylation is 1. The fourth-order valence-corrected chi connectivity index (χ4v) is 4.93. The molecule has 0 aliphatic rings. The number of rotatable bonds is 7. The average molecular weight is 405 g/mol. The van der Waals surface area contributed by atoms with E-state index >= 15 is 0 Å². The molecular weight excluding hydrogens is 380 g/mol. The summed E-state index contributed by atoms with van der Waals surface area (Å²) in [7, 11) is -1.86. The number of thiophene rings is 1. The largest absolute Gasteiger partial charge is 0.365 e. The van der Waals surface area contributed by atoms with E-state index < -0.39 is 10.0 Å². The van der Waals surface area contributed by atoms with Gasteiger partial charge in [-0.05, 0) is 44.0 Å². The molecule has 3 rings (SSSR count). The molecule has 0 aliphatic heterocycles. The zero-order valence-corrected chi connectivity index (χ0v) is 17.6. The van der Waals surface area contributed by atoms with Gasteiger partial charge < -0.3 is 5.32 Å². The molecule has 6 nitrogen and oxygen atoms in total.